The highest BCUT2D eigenvalue weighted by Gasteiger charge is 2.28. The number of benzene rings is 2. The summed E-state index contributed by atoms with van der Waals surface area (Å²) in [7, 11) is 0. The molecule has 0 radical (unpaired) electrons. The van der Waals surface area contributed by atoms with Crippen molar-refractivity contribution in [2.75, 3.05) is 6.61 Å². The molecule has 0 amide bonds. The van der Waals surface area contributed by atoms with Gasteiger partial charge in [0.25, 0.3) is 0 Å². The van der Waals surface area contributed by atoms with Crippen molar-refractivity contribution in [2.24, 2.45) is 0 Å². The van der Waals surface area contributed by atoms with Crippen molar-refractivity contribution < 1.29 is 29.3 Å². The quantitative estimate of drug-likeness (QED) is 0.225. The first-order chi connectivity index (χ1) is 20.9. The zero-order valence-corrected chi connectivity index (χ0v) is 31.1. The second-order valence-corrected chi connectivity index (χ2v) is 17.0. The van der Waals surface area contributed by atoms with Crippen molar-refractivity contribution in [3.8, 4) is 11.5 Å². The lowest BCUT2D eigenvalue weighted by Crippen LogP contribution is -2.26. The van der Waals surface area contributed by atoms with Crippen molar-refractivity contribution in [1.29, 1.82) is 0 Å². The average molecular weight is 639 g/mol. The van der Waals surface area contributed by atoms with Crippen LogP contribution in [0.1, 0.15) is 155 Å². The van der Waals surface area contributed by atoms with Gasteiger partial charge in [-0.3, -0.25) is 9.59 Å². The SMILES string of the molecule is CCCCC(COC(=O)CCc1cc(C(C)(C)C)c(O)c(C(C)(C)C)c1)OC(=O)CCc1cc(C(C)(C)C)c(O)c(C(C)(C)C)c1. The number of carbonyl (C=O) groups is 2. The van der Waals surface area contributed by atoms with Crippen molar-refractivity contribution in [3.05, 3.63) is 57.6 Å². The van der Waals surface area contributed by atoms with Gasteiger partial charge in [-0.25, -0.2) is 0 Å². The van der Waals surface area contributed by atoms with Crippen LogP contribution in [-0.2, 0) is 53.6 Å². The summed E-state index contributed by atoms with van der Waals surface area (Å²) in [5.41, 5.74) is 4.45. The van der Waals surface area contributed by atoms with E-state index in [4.69, 9.17) is 9.47 Å². The molecule has 0 heterocycles. The number of carbonyl (C=O) groups excluding carboxylic acids is 2. The van der Waals surface area contributed by atoms with Crippen LogP contribution in [-0.4, -0.2) is 34.9 Å². The second kappa shape index (κ2) is 15.3. The number of unbranched alkanes of at least 4 members (excludes halogenated alkanes) is 1. The van der Waals surface area contributed by atoms with Crippen molar-refractivity contribution in [2.45, 2.75) is 163 Å². The molecule has 0 spiro atoms. The third-order valence-electron chi connectivity index (χ3n) is 8.42. The van der Waals surface area contributed by atoms with E-state index in [0.29, 0.717) is 30.8 Å². The Morgan fingerprint density at radius 3 is 1.30 bits per heavy atom. The van der Waals surface area contributed by atoms with E-state index in [0.717, 1.165) is 46.2 Å². The third kappa shape index (κ3) is 11.3. The second-order valence-electron chi connectivity index (χ2n) is 17.0. The lowest BCUT2D eigenvalue weighted by atomic mass is 9.78. The molecule has 2 rings (SSSR count). The highest BCUT2D eigenvalue weighted by molar-refractivity contribution is 5.71. The number of esters is 2. The maximum absolute atomic E-state index is 13.0. The molecule has 258 valence electrons. The average Bonchev–Trinajstić information content (AvgIpc) is 2.90. The summed E-state index contributed by atoms with van der Waals surface area (Å²) in [5, 5.41) is 22.0. The predicted molar refractivity (Wildman–Crippen MR) is 188 cm³/mol. The Labute approximate surface area is 279 Å². The van der Waals surface area contributed by atoms with Gasteiger partial charge in [0.15, 0.2) is 0 Å². The Bertz CT molecular complexity index is 1270. The maximum atomic E-state index is 13.0. The zero-order chi connectivity index (χ0) is 35.3. The van der Waals surface area contributed by atoms with E-state index in [9.17, 15) is 19.8 Å². The molecule has 2 N–H and O–H groups in total. The van der Waals surface area contributed by atoms with Crippen LogP contribution in [0.25, 0.3) is 0 Å². The number of aryl methyl sites for hydroxylation is 2. The summed E-state index contributed by atoms with van der Waals surface area (Å²) < 4.78 is 11.5. The largest absolute Gasteiger partial charge is 0.507 e. The van der Waals surface area contributed by atoms with Gasteiger partial charge >= 0.3 is 11.9 Å². The van der Waals surface area contributed by atoms with Gasteiger partial charge in [0.1, 0.15) is 24.2 Å². The molecular formula is C40H62O6. The van der Waals surface area contributed by atoms with Crippen LogP contribution >= 0.6 is 0 Å². The topological polar surface area (TPSA) is 93.1 Å². The van der Waals surface area contributed by atoms with Gasteiger partial charge in [0.05, 0.1) is 0 Å². The van der Waals surface area contributed by atoms with Crippen molar-refractivity contribution in [3.63, 3.8) is 0 Å². The van der Waals surface area contributed by atoms with Gasteiger partial charge in [-0.2, -0.15) is 0 Å². The Morgan fingerprint density at radius 2 is 0.978 bits per heavy atom. The number of hydrogen-bond acceptors (Lipinski definition) is 6. The van der Waals surface area contributed by atoms with Crippen LogP contribution in [0.5, 0.6) is 11.5 Å². The molecule has 1 atom stereocenters. The molecule has 2 aromatic carbocycles. The lowest BCUT2D eigenvalue weighted by molar-refractivity contribution is -0.159. The van der Waals surface area contributed by atoms with Gasteiger partial charge in [0, 0.05) is 12.8 Å². The normalized spacial score (nSPS) is 13.4. The van der Waals surface area contributed by atoms with E-state index in [2.05, 4.69) is 90.0 Å². The fourth-order valence-corrected chi connectivity index (χ4v) is 5.57. The summed E-state index contributed by atoms with van der Waals surface area (Å²) in [5.74, 6) is -0.0221. The van der Waals surface area contributed by atoms with Crippen LogP contribution < -0.4 is 0 Å². The minimum atomic E-state index is -0.500. The third-order valence-corrected chi connectivity index (χ3v) is 8.42. The number of ether oxygens (including phenoxy) is 2. The first kappa shape index (κ1) is 39.2. The highest BCUT2D eigenvalue weighted by Crippen LogP contribution is 2.41. The number of hydrogen-bond donors (Lipinski definition) is 2. The molecule has 0 bridgehead atoms. The molecule has 0 saturated carbocycles. The summed E-state index contributed by atoms with van der Waals surface area (Å²) >= 11 is 0. The van der Waals surface area contributed by atoms with Crippen LogP contribution in [0.3, 0.4) is 0 Å². The Kier molecular flexibility index (Phi) is 13.0. The molecule has 1 unspecified atom stereocenters. The monoisotopic (exact) mass is 638 g/mol. The number of phenolic OH excluding ortho intramolecular Hbond substituents is 2. The Hall–Kier alpha value is -3.02. The van der Waals surface area contributed by atoms with Gasteiger partial charge < -0.3 is 19.7 Å². The minimum absolute atomic E-state index is 0.0299. The fourth-order valence-electron chi connectivity index (χ4n) is 5.57. The fraction of sp³-hybridized carbons (Fsp3) is 0.650. The molecule has 0 aliphatic heterocycles. The molecular weight excluding hydrogens is 576 g/mol. The van der Waals surface area contributed by atoms with Gasteiger partial charge in [0.2, 0.25) is 0 Å². The van der Waals surface area contributed by atoms with Gasteiger partial charge in [-0.15, -0.1) is 0 Å². The van der Waals surface area contributed by atoms with E-state index in [1.54, 1.807) is 0 Å². The molecule has 0 aromatic heterocycles. The first-order valence-electron chi connectivity index (χ1n) is 17.0. The summed E-state index contributed by atoms with van der Waals surface area (Å²) in [6.45, 7) is 27.0. The zero-order valence-electron chi connectivity index (χ0n) is 31.1. The van der Waals surface area contributed by atoms with E-state index in [1.165, 1.54) is 0 Å². The molecule has 0 fully saturated rings. The first-order valence-corrected chi connectivity index (χ1v) is 17.0. The van der Waals surface area contributed by atoms with Crippen LogP contribution in [0.15, 0.2) is 24.3 Å². The predicted octanol–water partition coefficient (Wildman–Crippen LogP) is 9.50. The molecule has 2 aromatic rings. The summed E-state index contributed by atoms with van der Waals surface area (Å²) in [6, 6.07) is 7.98. The van der Waals surface area contributed by atoms with Gasteiger partial charge in [-0.05, 0) is 80.7 Å². The molecule has 0 aliphatic rings. The van der Waals surface area contributed by atoms with E-state index in [-0.39, 0.29) is 53.0 Å². The standard InChI is InChI=1S/C40H62O6/c1-14-15-16-28(46-34(42)20-18-27-23-31(39(8,9)10)36(44)32(24-27)40(11,12)13)25-45-33(41)19-17-26-21-29(37(2,3)4)35(43)30(22-26)38(5,6)7/h21-24,28,43-44H,14-20,25H2,1-13H3. The van der Waals surface area contributed by atoms with E-state index in [1.807, 2.05) is 24.3 Å². The number of phenols is 2. The van der Waals surface area contributed by atoms with Crippen LogP contribution in [0.4, 0.5) is 0 Å². The molecule has 6 nitrogen and oxygen atoms in total. The molecule has 6 heteroatoms. The van der Waals surface area contributed by atoms with E-state index >= 15 is 0 Å². The number of aromatic hydroxyl groups is 2. The lowest BCUT2D eigenvalue weighted by Gasteiger charge is -2.28. The van der Waals surface area contributed by atoms with Crippen molar-refractivity contribution in [1.82, 2.24) is 0 Å². The van der Waals surface area contributed by atoms with Crippen LogP contribution in [0.2, 0.25) is 0 Å². The maximum Gasteiger partial charge on any atom is 0.306 e. The van der Waals surface area contributed by atoms with Crippen molar-refractivity contribution >= 4 is 11.9 Å². The van der Waals surface area contributed by atoms with E-state index < -0.39 is 6.10 Å². The molecule has 0 aliphatic carbocycles. The smallest absolute Gasteiger partial charge is 0.306 e. The summed E-state index contributed by atoms with van der Waals surface area (Å²) in [6.07, 6.45) is 3.29. The molecule has 0 saturated heterocycles. The van der Waals surface area contributed by atoms with Gasteiger partial charge in [-0.1, -0.05) is 121 Å². The summed E-state index contributed by atoms with van der Waals surface area (Å²) in [4.78, 5) is 25.8. The van der Waals surface area contributed by atoms with Crippen LogP contribution in [0, 0.1) is 0 Å². The highest BCUT2D eigenvalue weighted by atomic mass is 16.6. The Morgan fingerprint density at radius 1 is 0.630 bits per heavy atom. The number of rotatable bonds is 12. The Balaban J connectivity index is 2.08. The molecule has 46 heavy (non-hydrogen) atoms. The minimum Gasteiger partial charge on any atom is -0.507 e.